The van der Waals surface area contributed by atoms with Crippen LogP contribution in [-0.2, 0) is 0 Å². The molecule has 4 rings (SSSR count). The molecule has 0 aliphatic rings. The van der Waals surface area contributed by atoms with Gasteiger partial charge in [0.25, 0.3) is 5.91 Å². The average molecular weight is 385 g/mol. The highest BCUT2D eigenvalue weighted by Crippen LogP contribution is 2.27. The van der Waals surface area contributed by atoms with Gasteiger partial charge in [0.1, 0.15) is 17.0 Å². The standard InChI is InChI=1S/C17H13ClN6O3/c1-26-10-4-2-3-9(7-10)24-12(15(19)25)8-13(23-24)21-16-14-11(5-6-27-14)20-17(18)22-16/h2-8H,1H3,(H2,19,25)(H,20,21,22,23). The number of aromatic nitrogens is 4. The van der Waals surface area contributed by atoms with Gasteiger partial charge < -0.3 is 20.2 Å². The first-order valence-electron chi connectivity index (χ1n) is 7.77. The van der Waals surface area contributed by atoms with Gasteiger partial charge in [-0.05, 0) is 23.7 Å². The van der Waals surface area contributed by atoms with Crippen molar-refractivity contribution in [3.05, 3.63) is 53.6 Å². The number of primary amides is 1. The molecule has 0 radical (unpaired) electrons. The van der Waals surface area contributed by atoms with Crippen LogP contribution in [0.1, 0.15) is 10.5 Å². The maximum absolute atomic E-state index is 11.9. The van der Waals surface area contributed by atoms with E-state index in [9.17, 15) is 4.79 Å². The first-order chi connectivity index (χ1) is 13.0. The third-order valence-electron chi connectivity index (χ3n) is 3.78. The van der Waals surface area contributed by atoms with Crippen molar-refractivity contribution >= 4 is 40.2 Å². The number of nitrogens with zero attached hydrogens (tertiary/aromatic N) is 4. The molecule has 0 saturated heterocycles. The Balaban J connectivity index is 1.78. The van der Waals surface area contributed by atoms with Crippen LogP contribution in [0.15, 0.2) is 47.1 Å². The van der Waals surface area contributed by atoms with Gasteiger partial charge >= 0.3 is 0 Å². The molecule has 3 N–H and O–H groups in total. The number of hydrogen-bond acceptors (Lipinski definition) is 7. The maximum Gasteiger partial charge on any atom is 0.267 e. The summed E-state index contributed by atoms with van der Waals surface area (Å²) in [4.78, 5) is 20.1. The number of hydrogen-bond donors (Lipinski definition) is 2. The highest BCUT2D eigenvalue weighted by molar-refractivity contribution is 6.28. The monoisotopic (exact) mass is 384 g/mol. The molecule has 136 valence electrons. The molecule has 0 fully saturated rings. The summed E-state index contributed by atoms with van der Waals surface area (Å²) >= 11 is 5.95. The summed E-state index contributed by atoms with van der Waals surface area (Å²) < 4.78 is 12.0. The Labute approximate surface area is 157 Å². The summed E-state index contributed by atoms with van der Waals surface area (Å²) in [7, 11) is 1.55. The van der Waals surface area contributed by atoms with Gasteiger partial charge in [-0.2, -0.15) is 4.98 Å². The Morgan fingerprint density at radius 2 is 2.15 bits per heavy atom. The number of ether oxygens (including phenoxy) is 1. The lowest BCUT2D eigenvalue weighted by Gasteiger charge is -2.07. The number of anilines is 2. The minimum absolute atomic E-state index is 0.0498. The van der Waals surface area contributed by atoms with Crippen LogP contribution in [0.5, 0.6) is 5.75 Å². The van der Waals surface area contributed by atoms with Crippen LogP contribution in [-0.4, -0.2) is 32.8 Å². The van der Waals surface area contributed by atoms with Gasteiger partial charge in [-0.25, -0.2) is 9.67 Å². The molecule has 0 atom stereocenters. The van der Waals surface area contributed by atoms with Crippen LogP contribution in [0.25, 0.3) is 16.8 Å². The molecule has 1 aromatic carbocycles. The Morgan fingerprint density at radius 3 is 2.93 bits per heavy atom. The molecular formula is C17H13ClN6O3. The lowest BCUT2D eigenvalue weighted by atomic mass is 10.3. The second-order valence-corrected chi connectivity index (χ2v) is 5.83. The van der Waals surface area contributed by atoms with E-state index in [4.69, 9.17) is 26.5 Å². The van der Waals surface area contributed by atoms with E-state index in [2.05, 4.69) is 20.4 Å². The van der Waals surface area contributed by atoms with Crippen LogP contribution in [0.2, 0.25) is 5.28 Å². The molecule has 0 spiro atoms. The number of amides is 1. The molecule has 0 saturated carbocycles. The van der Waals surface area contributed by atoms with Crippen molar-refractivity contribution in [3.63, 3.8) is 0 Å². The molecular weight excluding hydrogens is 372 g/mol. The van der Waals surface area contributed by atoms with Crippen molar-refractivity contribution in [1.29, 1.82) is 0 Å². The van der Waals surface area contributed by atoms with E-state index in [1.54, 1.807) is 37.4 Å². The molecule has 1 amide bonds. The first-order valence-corrected chi connectivity index (χ1v) is 8.15. The topological polar surface area (TPSA) is 121 Å². The quantitative estimate of drug-likeness (QED) is 0.507. The van der Waals surface area contributed by atoms with E-state index in [-0.39, 0.29) is 11.0 Å². The van der Waals surface area contributed by atoms with Crippen molar-refractivity contribution in [2.24, 2.45) is 5.73 Å². The van der Waals surface area contributed by atoms with Crippen LogP contribution in [0.3, 0.4) is 0 Å². The summed E-state index contributed by atoms with van der Waals surface area (Å²) in [5, 5.41) is 7.43. The molecule has 4 aromatic rings. The zero-order chi connectivity index (χ0) is 19.0. The minimum Gasteiger partial charge on any atom is -0.497 e. The Kier molecular flexibility index (Phi) is 4.13. The fourth-order valence-electron chi connectivity index (χ4n) is 2.60. The van der Waals surface area contributed by atoms with E-state index in [1.807, 2.05) is 0 Å². The van der Waals surface area contributed by atoms with Crippen LogP contribution < -0.4 is 15.8 Å². The number of nitrogens with one attached hydrogen (secondary N) is 1. The van der Waals surface area contributed by atoms with E-state index in [0.29, 0.717) is 34.2 Å². The number of benzene rings is 1. The van der Waals surface area contributed by atoms with Gasteiger partial charge in [0.15, 0.2) is 17.2 Å². The van der Waals surface area contributed by atoms with Crippen LogP contribution >= 0.6 is 11.6 Å². The van der Waals surface area contributed by atoms with Gasteiger partial charge in [0, 0.05) is 18.2 Å². The number of nitrogens with two attached hydrogens (primary N) is 1. The normalized spacial score (nSPS) is 10.9. The lowest BCUT2D eigenvalue weighted by Crippen LogP contribution is -2.16. The Hall–Kier alpha value is -3.59. The molecule has 0 aliphatic heterocycles. The molecule has 27 heavy (non-hydrogen) atoms. The molecule has 3 heterocycles. The highest BCUT2D eigenvalue weighted by atomic mass is 35.5. The van der Waals surface area contributed by atoms with Crippen molar-refractivity contribution < 1.29 is 13.9 Å². The smallest absolute Gasteiger partial charge is 0.267 e. The van der Waals surface area contributed by atoms with Gasteiger partial charge in [-0.15, -0.1) is 5.10 Å². The molecule has 0 aliphatic carbocycles. The summed E-state index contributed by atoms with van der Waals surface area (Å²) in [6, 6.07) is 10.2. The second-order valence-electron chi connectivity index (χ2n) is 5.49. The van der Waals surface area contributed by atoms with E-state index in [1.165, 1.54) is 17.0 Å². The van der Waals surface area contributed by atoms with Crippen molar-refractivity contribution in [2.45, 2.75) is 0 Å². The van der Waals surface area contributed by atoms with Crippen molar-refractivity contribution in [1.82, 2.24) is 19.7 Å². The molecule has 10 heteroatoms. The summed E-state index contributed by atoms with van der Waals surface area (Å²) in [6.07, 6.45) is 1.48. The average Bonchev–Trinajstić information content (AvgIpc) is 3.28. The fourth-order valence-corrected chi connectivity index (χ4v) is 2.77. The number of furan rings is 1. The number of carbonyl (C=O) groups excluding carboxylic acids is 1. The third kappa shape index (κ3) is 3.15. The number of fused-ring (bicyclic) bond motifs is 1. The predicted molar refractivity (Wildman–Crippen MR) is 98.7 cm³/mol. The Bertz CT molecular complexity index is 1150. The fraction of sp³-hybridized carbons (Fsp3) is 0.0588. The number of rotatable bonds is 5. The van der Waals surface area contributed by atoms with E-state index >= 15 is 0 Å². The third-order valence-corrected chi connectivity index (χ3v) is 3.95. The molecule has 0 bridgehead atoms. The number of halogens is 1. The zero-order valence-electron chi connectivity index (χ0n) is 14.0. The zero-order valence-corrected chi connectivity index (χ0v) is 14.8. The van der Waals surface area contributed by atoms with Gasteiger partial charge in [-0.3, -0.25) is 4.79 Å². The highest BCUT2D eigenvalue weighted by Gasteiger charge is 2.17. The SMILES string of the molecule is COc1cccc(-n2nc(Nc3nc(Cl)nc4ccoc34)cc2C(N)=O)c1. The van der Waals surface area contributed by atoms with Crippen molar-refractivity contribution in [2.75, 3.05) is 12.4 Å². The summed E-state index contributed by atoms with van der Waals surface area (Å²) in [5.41, 5.74) is 7.25. The van der Waals surface area contributed by atoms with Gasteiger partial charge in [0.05, 0.1) is 19.1 Å². The number of carbonyl (C=O) groups is 1. The number of methoxy groups -OCH3 is 1. The largest absolute Gasteiger partial charge is 0.497 e. The maximum atomic E-state index is 11.9. The summed E-state index contributed by atoms with van der Waals surface area (Å²) in [6.45, 7) is 0. The lowest BCUT2D eigenvalue weighted by molar-refractivity contribution is 0.0993. The molecule has 3 aromatic heterocycles. The molecule has 0 unspecified atom stereocenters. The van der Waals surface area contributed by atoms with Crippen molar-refractivity contribution in [3.8, 4) is 11.4 Å². The van der Waals surface area contributed by atoms with E-state index < -0.39 is 5.91 Å². The Morgan fingerprint density at radius 1 is 1.30 bits per heavy atom. The van der Waals surface area contributed by atoms with E-state index in [0.717, 1.165) is 0 Å². The first kappa shape index (κ1) is 16.9. The van der Waals surface area contributed by atoms with Crippen LogP contribution in [0, 0.1) is 0 Å². The minimum atomic E-state index is -0.637. The summed E-state index contributed by atoms with van der Waals surface area (Å²) in [5.74, 6) is 0.635. The molecule has 9 nitrogen and oxygen atoms in total. The van der Waals surface area contributed by atoms with Crippen LogP contribution in [0.4, 0.5) is 11.6 Å². The second kappa shape index (κ2) is 6.61. The predicted octanol–water partition coefficient (Wildman–Crippen LogP) is 2.91. The van der Waals surface area contributed by atoms with Gasteiger partial charge in [0.2, 0.25) is 5.28 Å². The van der Waals surface area contributed by atoms with Gasteiger partial charge in [-0.1, -0.05) is 6.07 Å².